The number of carbonyl (C=O) groups is 2. The lowest BCUT2D eigenvalue weighted by Crippen LogP contribution is -2.33. The van der Waals surface area contributed by atoms with E-state index < -0.39 is 12.2 Å². The molecule has 152 valence electrons. The molecule has 0 aromatic heterocycles. The highest BCUT2D eigenvalue weighted by Crippen LogP contribution is 2.37. The number of hydrogen-bond donors (Lipinski definition) is 0. The van der Waals surface area contributed by atoms with Crippen LogP contribution in [0, 0.1) is 12.8 Å². The van der Waals surface area contributed by atoms with Gasteiger partial charge in [-0.25, -0.2) is 9.59 Å². The first-order valence-electron chi connectivity index (χ1n) is 9.46. The van der Waals surface area contributed by atoms with Crippen LogP contribution in [-0.2, 0) is 10.2 Å². The highest BCUT2D eigenvalue weighted by atomic mass is 16.7. The van der Waals surface area contributed by atoms with Crippen molar-refractivity contribution >= 4 is 12.2 Å². The SMILES string of the molecule is CCN(CC)C(=O)Oc1cc(C(C)(C)C)cc(C)c1OC(=O)OCC(C)C. The number of rotatable bonds is 6. The predicted octanol–water partition coefficient (Wildman–Crippen LogP) is 5.30. The normalized spacial score (nSPS) is 11.3. The summed E-state index contributed by atoms with van der Waals surface area (Å²) in [6, 6.07) is 3.68. The molecule has 0 saturated carbocycles. The fraction of sp³-hybridized carbons (Fsp3) is 0.619. The maximum absolute atomic E-state index is 12.4. The van der Waals surface area contributed by atoms with Gasteiger partial charge in [0.2, 0.25) is 0 Å². The first-order chi connectivity index (χ1) is 12.5. The maximum atomic E-state index is 12.4. The molecule has 1 amide bonds. The second kappa shape index (κ2) is 9.62. The van der Waals surface area contributed by atoms with Crippen molar-refractivity contribution in [1.82, 2.24) is 4.90 Å². The predicted molar refractivity (Wildman–Crippen MR) is 106 cm³/mol. The molecule has 1 aromatic rings. The van der Waals surface area contributed by atoms with Gasteiger partial charge < -0.3 is 19.1 Å². The lowest BCUT2D eigenvalue weighted by atomic mass is 9.86. The van der Waals surface area contributed by atoms with Crippen LogP contribution in [-0.4, -0.2) is 36.8 Å². The minimum Gasteiger partial charge on any atom is -0.434 e. The Labute approximate surface area is 162 Å². The van der Waals surface area contributed by atoms with Gasteiger partial charge in [0.1, 0.15) is 0 Å². The monoisotopic (exact) mass is 379 g/mol. The number of aryl methyl sites for hydroxylation is 1. The zero-order valence-corrected chi connectivity index (χ0v) is 17.8. The van der Waals surface area contributed by atoms with E-state index in [9.17, 15) is 9.59 Å². The van der Waals surface area contributed by atoms with E-state index >= 15 is 0 Å². The summed E-state index contributed by atoms with van der Waals surface area (Å²) >= 11 is 0. The van der Waals surface area contributed by atoms with E-state index in [-0.39, 0.29) is 29.4 Å². The van der Waals surface area contributed by atoms with E-state index in [1.54, 1.807) is 11.0 Å². The Bertz CT molecular complexity index is 657. The van der Waals surface area contributed by atoms with Crippen molar-refractivity contribution in [1.29, 1.82) is 0 Å². The van der Waals surface area contributed by atoms with E-state index in [0.29, 0.717) is 18.7 Å². The number of ether oxygens (including phenoxy) is 3. The summed E-state index contributed by atoms with van der Waals surface area (Å²) < 4.78 is 16.1. The molecular formula is C21H33NO5. The topological polar surface area (TPSA) is 65.1 Å². The first kappa shape index (κ1) is 22.8. The molecule has 0 radical (unpaired) electrons. The van der Waals surface area contributed by atoms with Crippen molar-refractivity contribution < 1.29 is 23.8 Å². The van der Waals surface area contributed by atoms with Gasteiger partial charge in [0.05, 0.1) is 6.61 Å². The minimum atomic E-state index is -0.810. The average molecular weight is 379 g/mol. The van der Waals surface area contributed by atoms with Crippen LogP contribution in [0.2, 0.25) is 0 Å². The van der Waals surface area contributed by atoms with E-state index in [1.807, 2.05) is 40.7 Å². The smallest absolute Gasteiger partial charge is 0.434 e. The van der Waals surface area contributed by atoms with Crippen molar-refractivity contribution in [3.8, 4) is 11.5 Å². The van der Waals surface area contributed by atoms with Crippen molar-refractivity contribution in [2.24, 2.45) is 5.92 Å². The Morgan fingerprint density at radius 2 is 1.67 bits per heavy atom. The lowest BCUT2D eigenvalue weighted by Gasteiger charge is -2.24. The third-order valence-electron chi connectivity index (χ3n) is 4.05. The zero-order valence-electron chi connectivity index (χ0n) is 17.8. The molecule has 6 heteroatoms. The molecule has 0 aliphatic rings. The van der Waals surface area contributed by atoms with Crippen LogP contribution in [0.4, 0.5) is 9.59 Å². The Morgan fingerprint density at radius 3 is 2.15 bits per heavy atom. The number of carbonyl (C=O) groups excluding carboxylic acids is 2. The van der Waals surface area contributed by atoms with Gasteiger partial charge in [-0.3, -0.25) is 0 Å². The molecule has 0 N–H and O–H groups in total. The molecule has 1 aromatic carbocycles. The van der Waals surface area contributed by atoms with Crippen LogP contribution in [0.25, 0.3) is 0 Å². The Balaban J connectivity index is 3.23. The molecule has 0 aliphatic carbocycles. The summed E-state index contributed by atoms with van der Waals surface area (Å²) in [4.78, 5) is 26.0. The van der Waals surface area contributed by atoms with E-state index in [2.05, 4.69) is 20.8 Å². The largest absolute Gasteiger partial charge is 0.513 e. The van der Waals surface area contributed by atoms with Gasteiger partial charge in [-0.15, -0.1) is 0 Å². The Morgan fingerprint density at radius 1 is 1.07 bits per heavy atom. The molecule has 27 heavy (non-hydrogen) atoms. The highest BCUT2D eigenvalue weighted by molar-refractivity contribution is 5.74. The van der Waals surface area contributed by atoms with Crippen molar-refractivity contribution in [2.45, 2.75) is 60.8 Å². The van der Waals surface area contributed by atoms with Gasteiger partial charge in [0.15, 0.2) is 11.5 Å². The second-order valence-corrected chi connectivity index (χ2v) is 7.97. The highest BCUT2D eigenvalue weighted by Gasteiger charge is 2.24. The van der Waals surface area contributed by atoms with Crippen LogP contribution in [0.3, 0.4) is 0 Å². The third kappa shape index (κ3) is 6.77. The average Bonchev–Trinajstić information content (AvgIpc) is 2.56. The van der Waals surface area contributed by atoms with Crippen molar-refractivity contribution in [2.75, 3.05) is 19.7 Å². The summed E-state index contributed by atoms with van der Waals surface area (Å²) in [6.07, 6.45) is -1.29. The maximum Gasteiger partial charge on any atom is 0.513 e. The van der Waals surface area contributed by atoms with Gasteiger partial charge in [0, 0.05) is 13.1 Å². The molecular weight excluding hydrogens is 346 g/mol. The van der Waals surface area contributed by atoms with Gasteiger partial charge in [0.25, 0.3) is 0 Å². The van der Waals surface area contributed by atoms with E-state index in [4.69, 9.17) is 14.2 Å². The van der Waals surface area contributed by atoms with Gasteiger partial charge in [-0.1, -0.05) is 40.7 Å². The van der Waals surface area contributed by atoms with Crippen LogP contribution in [0.15, 0.2) is 12.1 Å². The fourth-order valence-corrected chi connectivity index (χ4v) is 2.37. The second-order valence-electron chi connectivity index (χ2n) is 7.97. The van der Waals surface area contributed by atoms with Crippen LogP contribution >= 0.6 is 0 Å². The lowest BCUT2D eigenvalue weighted by molar-refractivity contribution is 0.0867. The van der Waals surface area contributed by atoms with Crippen molar-refractivity contribution in [3.63, 3.8) is 0 Å². The molecule has 0 spiro atoms. The van der Waals surface area contributed by atoms with E-state index in [1.165, 1.54) is 0 Å². The molecule has 0 fully saturated rings. The third-order valence-corrected chi connectivity index (χ3v) is 4.05. The number of nitrogens with zero attached hydrogens (tertiary/aromatic N) is 1. The Kier molecular flexibility index (Phi) is 8.13. The van der Waals surface area contributed by atoms with Gasteiger partial charge >= 0.3 is 12.2 Å². The molecule has 0 aliphatic heterocycles. The molecule has 0 unspecified atom stereocenters. The van der Waals surface area contributed by atoms with E-state index in [0.717, 1.165) is 5.56 Å². The number of hydrogen-bond acceptors (Lipinski definition) is 5. The quantitative estimate of drug-likeness (QED) is 0.495. The molecule has 6 nitrogen and oxygen atoms in total. The minimum absolute atomic E-state index is 0.155. The summed E-state index contributed by atoms with van der Waals surface area (Å²) in [5.41, 5.74) is 1.52. The van der Waals surface area contributed by atoms with Crippen LogP contribution in [0.1, 0.15) is 59.6 Å². The van der Waals surface area contributed by atoms with Crippen LogP contribution < -0.4 is 9.47 Å². The molecule has 0 bridgehead atoms. The van der Waals surface area contributed by atoms with Crippen molar-refractivity contribution in [3.05, 3.63) is 23.3 Å². The molecule has 0 atom stereocenters. The molecule has 1 rings (SSSR count). The Hall–Kier alpha value is -2.24. The fourth-order valence-electron chi connectivity index (χ4n) is 2.37. The van der Waals surface area contributed by atoms with Crippen LogP contribution in [0.5, 0.6) is 11.5 Å². The zero-order chi connectivity index (χ0) is 20.8. The number of amides is 1. The van der Waals surface area contributed by atoms with Gasteiger partial charge in [-0.2, -0.15) is 0 Å². The standard InChI is InChI=1S/C21H33NO5/c1-9-22(10-2)19(23)26-17-12-16(21(6,7)8)11-15(5)18(17)27-20(24)25-13-14(3)4/h11-12,14H,9-10,13H2,1-8H3. The summed E-state index contributed by atoms with van der Waals surface area (Å²) in [6.45, 7) is 17.0. The summed E-state index contributed by atoms with van der Waals surface area (Å²) in [5, 5.41) is 0. The van der Waals surface area contributed by atoms with Gasteiger partial charge in [-0.05, 0) is 49.3 Å². The summed E-state index contributed by atoms with van der Waals surface area (Å²) in [7, 11) is 0. The number of benzene rings is 1. The summed E-state index contributed by atoms with van der Waals surface area (Å²) in [5.74, 6) is 0.623. The molecule has 0 heterocycles. The molecule has 0 saturated heterocycles. The first-order valence-corrected chi connectivity index (χ1v) is 9.46.